The summed E-state index contributed by atoms with van der Waals surface area (Å²) in [5.41, 5.74) is 4.43. The number of nitrogens with zero attached hydrogens (tertiary/aromatic N) is 2. The monoisotopic (exact) mass is 385 g/mol. The molecule has 0 saturated heterocycles. The number of hydrogen-bond donors (Lipinski definition) is 2. The maximum absolute atomic E-state index is 11.9. The molecule has 0 amide bonds. The van der Waals surface area contributed by atoms with Crippen molar-refractivity contribution in [3.8, 4) is 0 Å². The van der Waals surface area contributed by atoms with Crippen molar-refractivity contribution in [3.05, 3.63) is 53.1 Å². The summed E-state index contributed by atoms with van der Waals surface area (Å²) in [7, 11) is 0. The number of benzene rings is 1. The zero-order chi connectivity index (χ0) is 20.8. The summed E-state index contributed by atoms with van der Waals surface area (Å²) >= 11 is 0. The van der Waals surface area contributed by atoms with Crippen molar-refractivity contribution in [2.45, 2.75) is 66.1 Å². The molecule has 28 heavy (non-hydrogen) atoms. The number of carboxylic acids is 1. The molecule has 6 nitrogen and oxygen atoms in total. The number of hydrogen-bond acceptors (Lipinski definition) is 4. The van der Waals surface area contributed by atoms with Crippen LogP contribution in [0.5, 0.6) is 0 Å². The number of ketones is 1. The van der Waals surface area contributed by atoms with Crippen LogP contribution >= 0.6 is 0 Å². The second-order valence-electron chi connectivity index (χ2n) is 7.99. The van der Waals surface area contributed by atoms with Gasteiger partial charge < -0.3 is 9.67 Å². The maximum atomic E-state index is 11.9. The molecular weight excluding hydrogens is 354 g/mol. The minimum atomic E-state index is -0.964. The fraction of sp³-hybridized carbons (Fsp3) is 0.500. The van der Waals surface area contributed by atoms with Gasteiger partial charge in [-0.15, -0.1) is 0 Å². The fourth-order valence-corrected chi connectivity index (χ4v) is 3.25. The van der Waals surface area contributed by atoms with Gasteiger partial charge >= 0.3 is 5.97 Å². The van der Waals surface area contributed by atoms with Crippen molar-refractivity contribution in [1.29, 1.82) is 0 Å². The maximum Gasteiger partial charge on any atom is 0.321 e. The molecule has 2 unspecified atom stereocenters. The average Bonchev–Trinajstić information content (AvgIpc) is 3.03. The Hall–Kier alpha value is -2.47. The summed E-state index contributed by atoms with van der Waals surface area (Å²) < 4.78 is 1.97. The van der Waals surface area contributed by atoms with Gasteiger partial charge in [-0.2, -0.15) is 0 Å². The molecule has 0 spiro atoms. The summed E-state index contributed by atoms with van der Waals surface area (Å²) in [5, 5.41) is 12.7. The van der Waals surface area contributed by atoms with E-state index in [0.717, 1.165) is 11.3 Å². The largest absolute Gasteiger partial charge is 0.480 e. The number of rotatable bonds is 10. The van der Waals surface area contributed by atoms with Crippen LogP contribution in [0.25, 0.3) is 0 Å². The van der Waals surface area contributed by atoms with E-state index in [-0.39, 0.29) is 12.2 Å². The average molecular weight is 386 g/mol. The van der Waals surface area contributed by atoms with Crippen LogP contribution in [0, 0.1) is 19.8 Å². The number of aromatic nitrogens is 2. The zero-order valence-electron chi connectivity index (χ0n) is 17.4. The lowest BCUT2D eigenvalue weighted by molar-refractivity contribution is -0.139. The minimum Gasteiger partial charge on any atom is -0.480 e. The van der Waals surface area contributed by atoms with E-state index in [1.54, 1.807) is 12.5 Å². The highest BCUT2D eigenvalue weighted by Crippen LogP contribution is 2.14. The number of Topliss-reactive ketones (excluding diaryl/α,β-unsaturated/α-hetero) is 1. The molecule has 0 fully saturated rings. The Bertz CT molecular complexity index is 826. The number of carboxylic acid groups (broad SMARTS) is 1. The smallest absolute Gasteiger partial charge is 0.321 e. The van der Waals surface area contributed by atoms with Crippen LogP contribution < -0.4 is 5.32 Å². The van der Waals surface area contributed by atoms with Gasteiger partial charge in [0.2, 0.25) is 0 Å². The van der Waals surface area contributed by atoms with Gasteiger partial charge in [-0.3, -0.25) is 14.9 Å². The van der Waals surface area contributed by atoms with Crippen molar-refractivity contribution < 1.29 is 14.7 Å². The standard InChI is InChI=1S/C22H31N3O3/c1-14(2)8-20(17(5)26)24-21(22(27)28)10-19-11-23-13-25(19)12-18-7-6-15(3)16(4)9-18/h6-7,9,11,13-14,20-21,24H,8,10,12H2,1-5H3,(H,27,28). The molecule has 1 aromatic carbocycles. The molecule has 0 saturated carbocycles. The molecule has 2 rings (SSSR count). The lowest BCUT2D eigenvalue weighted by Gasteiger charge is -2.23. The molecule has 0 aliphatic heterocycles. The minimum absolute atomic E-state index is 0.0383. The van der Waals surface area contributed by atoms with E-state index in [4.69, 9.17) is 0 Å². The fourth-order valence-electron chi connectivity index (χ4n) is 3.25. The third-order valence-electron chi connectivity index (χ3n) is 5.03. The number of aliphatic carboxylic acids is 1. The first-order chi connectivity index (χ1) is 13.2. The second-order valence-corrected chi connectivity index (χ2v) is 7.99. The van der Waals surface area contributed by atoms with Gasteiger partial charge in [0.25, 0.3) is 0 Å². The van der Waals surface area contributed by atoms with E-state index in [1.807, 2.05) is 18.4 Å². The van der Waals surface area contributed by atoms with Gasteiger partial charge in [-0.25, -0.2) is 4.98 Å². The number of nitrogens with one attached hydrogen (secondary N) is 1. The Morgan fingerprint density at radius 3 is 2.46 bits per heavy atom. The molecule has 2 aromatic rings. The lowest BCUT2D eigenvalue weighted by atomic mass is 9.99. The van der Waals surface area contributed by atoms with Crippen LogP contribution in [-0.4, -0.2) is 38.5 Å². The highest BCUT2D eigenvalue weighted by atomic mass is 16.4. The van der Waals surface area contributed by atoms with Gasteiger partial charge in [0.15, 0.2) is 0 Å². The Balaban J connectivity index is 2.15. The van der Waals surface area contributed by atoms with E-state index < -0.39 is 18.1 Å². The van der Waals surface area contributed by atoms with E-state index in [2.05, 4.69) is 42.3 Å². The van der Waals surface area contributed by atoms with E-state index >= 15 is 0 Å². The predicted molar refractivity (Wildman–Crippen MR) is 109 cm³/mol. The molecular formula is C22H31N3O3. The number of aryl methyl sites for hydroxylation is 2. The van der Waals surface area contributed by atoms with Crippen LogP contribution in [0.3, 0.4) is 0 Å². The summed E-state index contributed by atoms with van der Waals surface area (Å²) in [5.74, 6) is -0.705. The Morgan fingerprint density at radius 2 is 1.89 bits per heavy atom. The molecule has 0 radical (unpaired) electrons. The van der Waals surface area contributed by atoms with Crippen molar-refractivity contribution >= 4 is 11.8 Å². The number of imidazole rings is 1. The summed E-state index contributed by atoms with van der Waals surface area (Å²) in [4.78, 5) is 28.0. The van der Waals surface area contributed by atoms with Crippen molar-refractivity contribution in [2.75, 3.05) is 0 Å². The summed E-state index contributed by atoms with van der Waals surface area (Å²) in [6.45, 7) is 10.3. The van der Waals surface area contributed by atoms with Gasteiger partial charge in [0.1, 0.15) is 11.8 Å². The lowest BCUT2D eigenvalue weighted by Crippen LogP contribution is -2.48. The van der Waals surface area contributed by atoms with Crippen LogP contribution in [0.4, 0.5) is 0 Å². The first-order valence-corrected chi connectivity index (χ1v) is 9.71. The second kappa shape index (κ2) is 9.64. The molecule has 6 heteroatoms. The van der Waals surface area contributed by atoms with E-state index in [9.17, 15) is 14.7 Å². The molecule has 0 aliphatic carbocycles. The van der Waals surface area contributed by atoms with Crippen molar-refractivity contribution in [2.24, 2.45) is 5.92 Å². The Labute approximate surface area is 167 Å². The molecule has 2 N–H and O–H groups in total. The van der Waals surface area contributed by atoms with Crippen molar-refractivity contribution in [1.82, 2.24) is 14.9 Å². The summed E-state index contributed by atoms with van der Waals surface area (Å²) in [6, 6.07) is 5.00. The normalized spacial score (nSPS) is 13.5. The van der Waals surface area contributed by atoms with E-state index in [0.29, 0.717) is 18.9 Å². The molecule has 1 heterocycles. The first-order valence-electron chi connectivity index (χ1n) is 9.71. The number of carbonyl (C=O) groups is 2. The van der Waals surface area contributed by atoms with Crippen LogP contribution in [0.15, 0.2) is 30.7 Å². The van der Waals surface area contributed by atoms with Gasteiger partial charge in [0.05, 0.1) is 12.4 Å². The molecule has 2 atom stereocenters. The van der Waals surface area contributed by atoms with E-state index in [1.165, 1.54) is 18.1 Å². The number of carbonyl (C=O) groups excluding carboxylic acids is 1. The zero-order valence-corrected chi connectivity index (χ0v) is 17.4. The Morgan fingerprint density at radius 1 is 1.18 bits per heavy atom. The SMILES string of the molecule is CC(=O)C(CC(C)C)NC(Cc1cncn1Cc1ccc(C)c(C)c1)C(=O)O. The molecule has 0 aliphatic rings. The topological polar surface area (TPSA) is 84.2 Å². The van der Waals surface area contributed by atoms with Crippen LogP contribution in [-0.2, 0) is 22.6 Å². The highest BCUT2D eigenvalue weighted by Gasteiger charge is 2.26. The third-order valence-corrected chi connectivity index (χ3v) is 5.03. The van der Waals surface area contributed by atoms with Gasteiger partial charge in [0, 0.05) is 24.9 Å². The molecule has 1 aromatic heterocycles. The highest BCUT2D eigenvalue weighted by molar-refractivity contribution is 5.83. The first kappa shape index (κ1) is 21.8. The Kier molecular flexibility index (Phi) is 7.52. The molecule has 0 bridgehead atoms. The quantitative estimate of drug-likeness (QED) is 0.656. The third kappa shape index (κ3) is 6.02. The van der Waals surface area contributed by atoms with Crippen molar-refractivity contribution in [3.63, 3.8) is 0 Å². The summed E-state index contributed by atoms with van der Waals surface area (Å²) in [6.07, 6.45) is 4.30. The predicted octanol–water partition coefficient (Wildman–Crippen LogP) is 3.14. The van der Waals surface area contributed by atoms with Crippen LogP contribution in [0.2, 0.25) is 0 Å². The van der Waals surface area contributed by atoms with Crippen LogP contribution in [0.1, 0.15) is 49.6 Å². The molecule has 152 valence electrons. The van der Waals surface area contributed by atoms with Gasteiger partial charge in [-0.1, -0.05) is 32.0 Å². The van der Waals surface area contributed by atoms with Gasteiger partial charge in [-0.05, 0) is 49.8 Å².